The Bertz CT molecular complexity index is 234. The van der Waals surface area contributed by atoms with E-state index in [-0.39, 0.29) is 0 Å². The van der Waals surface area contributed by atoms with Crippen molar-refractivity contribution in [1.82, 2.24) is 0 Å². The van der Waals surface area contributed by atoms with Gasteiger partial charge in [-0.25, -0.2) is 0 Å². The molecule has 0 N–H and O–H groups in total. The molecule has 0 radical (unpaired) electrons. The largest absolute Gasteiger partial charge is 0.209 e. The lowest BCUT2D eigenvalue weighted by atomic mass is 10.1. The predicted molar refractivity (Wildman–Crippen MR) is 66.8 cm³/mol. The molecule has 0 heterocycles. The fourth-order valence-corrected chi connectivity index (χ4v) is 1.99. The van der Waals surface area contributed by atoms with Crippen LogP contribution in [-0.4, -0.2) is 13.8 Å². The summed E-state index contributed by atoms with van der Waals surface area (Å²) in [7, 11) is -1.95. The standard InChI is InChI=1S/C12H24O2S/c1-2-3-4-5-6-7-8-9-10-11-12-15(13)14/h12H,2-11H2,1H3. The zero-order chi connectivity index (χ0) is 11.4. The van der Waals surface area contributed by atoms with Crippen LogP contribution in [0.15, 0.2) is 0 Å². The fourth-order valence-electron chi connectivity index (χ4n) is 1.63. The lowest BCUT2D eigenvalue weighted by Gasteiger charge is -2.00. The summed E-state index contributed by atoms with van der Waals surface area (Å²) in [6.07, 6.45) is 12.2. The van der Waals surface area contributed by atoms with Crippen molar-refractivity contribution in [3.63, 3.8) is 0 Å². The molecule has 0 aliphatic rings. The minimum atomic E-state index is -1.95. The molecule has 0 fully saturated rings. The van der Waals surface area contributed by atoms with Crippen LogP contribution in [-0.2, 0) is 10.3 Å². The van der Waals surface area contributed by atoms with E-state index in [0.29, 0.717) is 6.42 Å². The molecule has 0 bridgehead atoms. The third-order valence-corrected chi connectivity index (χ3v) is 3.07. The summed E-state index contributed by atoms with van der Waals surface area (Å²) >= 11 is 0. The van der Waals surface area contributed by atoms with Gasteiger partial charge >= 0.3 is 0 Å². The van der Waals surface area contributed by atoms with Gasteiger partial charge < -0.3 is 0 Å². The molecule has 3 heteroatoms. The second-order valence-electron chi connectivity index (χ2n) is 4.04. The number of unbranched alkanes of at least 4 members (excludes halogenated alkanes) is 9. The lowest BCUT2D eigenvalue weighted by molar-refractivity contribution is 0.569. The van der Waals surface area contributed by atoms with Crippen LogP contribution in [0.2, 0.25) is 0 Å². The molecule has 2 nitrogen and oxygen atoms in total. The Labute approximate surface area is 95.6 Å². The minimum absolute atomic E-state index is 0.714. The van der Waals surface area contributed by atoms with Crippen molar-refractivity contribution >= 4 is 15.7 Å². The molecule has 0 aliphatic carbocycles. The molecular weight excluding hydrogens is 208 g/mol. The average molecular weight is 232 g/mol. The van der Waals surface area contributed by atoms with Crippen LogP contribution >= 0.6 is 0 Å². The summed E-state index contributed by atoms with van der Waals surface area (Å²) in [5, 5.41) is 1.36. The quantitative estimate of drug-likeness (QED) is 0.426. The van der Waals surface area contributed by atoms with Crippen LogP contribution in [0.3, 0.4) is 0 Å². The molecule has 0 amide bonds. The van der Waals surface area contributed by atoms with Crippen LogP contribution in [0.4, 0.5) is 0 Å². The summed E-state index contributed by atoms with van der Waals surface area (Å²) in [4.78, 5) is 0. The third-order valence-electron chi connectivity index (χ3n) is 2.56. The Morgan fingerprint density at radius 1 is 0.800 bits per heavy atom. The highest BCUT2D eigenvalue weighted by Crippen LogP contribution is 2.09. The van der Waals surface area contributed by atoms with E-state index in [1.807, 2.05) is 0 Å². The van der Waals surface area contributed by atoms with E-state index in [4.69, 9.17) is 0 Å². The lowest BCUT2D eigenvalue weighted by Crippen LogP contribution is -1.82. The van der Waals surface area contributed by atoms with E-state index in [1.54, 1.807) is 0 Å². The molecule has 0 aromatic carbocycles. The zero-order valence-electron chi connectivity index (χ0n) is 9.87. The van der Waals surface area contributed by atoms with Crippen LogP contribution in [0, 0.1) is 0 Å². The van der Waals surface area contributed by atoms with Gasteiger partial charge in [-0.05, 0) is 12.8 Å². The van der Waals surface area contributed by atoms with Crippen LogP contribution < -0.4 is 0 Å². The maximum absolute atomic E-state index is 10.2. The zero-order valence-corrected chi connectivity index (χ0v) is 10.7. The third kappa shape index (κ3) is 13.7. The molecule has 0 saturated carbocycles. The molecule has 0 spiro atoms. The minimum Gasteiger partial charge on any atom is -0.185 e. The second-order valence-corrected chi connectivity index (χ2v) is 4.90. The molecule has 0 aliphatic heterocycles. The maximum Gasteiger partial charge on any atom is 0.209 e. The first kappa shape index (κ1) is 14.7. The summed E-state index contributed by atoms with van der Waals surface area (Å²) in [5.41, 5.74) is 0. The summed E-state index contributed by atoms with van der Waals surface area (Å²) in [5.74, 6) is 0. The van der Waals surface area contributed by atoms with Gasteiger partial charge in [-0.1, -0.05) is 58.3 Å². The van der Waals surface area contributed by atoms with E-state index in [9.17, 15) is 8.42 Å². The molecular formula is C12H24O2S. The Kier molecular flexibility index (Phi) is 11.5. The molecule has 90 valence electrons. The first-order valence-electron chi connectivity index (χ1n) is 6.18. The van der Waals surface area contributed by atoms with Crippen LogP contribution in [0.1, 0.15) is 71.1 Å². The first-order valence-corrected chi connectivity index (χ1v) is 7.32. The van der Waals surface area contributed by atoms with E-state index in [2.05, 4.69) is 6.92 Å². The molecule has 0 saturated heterocycles. The van der Waals surface area contributed by atoms with Gasteiger partial charge in [-0.2, -0.15) is 8.42 Å². The van der Waals surface area contributed by atoms with Crippen molar-refractivity contribution in [3.05, 3.63) is 0 Å². The van der Waals surface area contributed by atoms with E-state index in [0.717, 1.165) is 6.42 Å². The Morgan fingerprint density at radius 3 is 1.73 bits per heavy atom. The Balaban J connectivity index is 3.02. The van der Waals surface area contributed by atoms with Gasteiger partial charge in [-0.3, -0.25) is 0 Å². The van der Waals surface area contributed by atoms with Crippen LogP contribution in [0.5, 0.6) is 0 Å². The van der Waals surface area contributed by atoms with Crippen molar-refractivity contribution in [1.29, 1.82) is 0 Å². The number of hydrogen-bond acceptors (Lipinski definition) is 2. The van der Waals surface area contributed by atoms with Gasteiger partial charge in [0.2, 0.25) is 10.3 Å². The van der Waals surface area contributed by atoms with E-state index in [1.165, 1.54) is 56.7 Å². The molecule has 0 rings (SSSR count). The first-order chi connectivity index (χ1) is 7.27. The highest BCUT2D eigenvalue weighted by Gasteiger charge is 1.91. The smallest absolute Gasteiger partial charge is 0.185 e. The van der Waals surface area contributed by atoms with Crippen molar-refractivity contribution in [2.75, 3.05) is 0 Å². The SMILES string of the molecule is CCCCCCCCCCCC=S(=O)=O. The fraction of sp³-hybridized carbons (Fsp3) is 0.917. The Hall–Kier alpha value is -0.310. The average Bonchev–Trinajstić information content (AvgIpc) is 2.20. The highest BCUT2D eigenvalue weighted by molar-refractivity contribution is 7.71. The van der Waals surface area contributed by atoms with Gasteiger partial charge in [0.15, 0.2) is 0 Å². The maximum atomic E-state index is 10.2. The van der Waals surface area contributed by atoms with Crippen molar-refractivity contribution in [2.45, 2.75) is 71.1 Å². The topological polar surface area (TPSA) is 34.1 Å². The van der Waals surface area contributed by atoms with Gasteiger partial charge in [0.05, 0.1) is 0 Å². The summed E-state index contributed by atoms with van der Waals surface area (Å²) < 4.78 is 20.4. The van der Waals surface area contributed by atoms with Crippen molar-refractivity contribution in [2.24, 2.45) is 0 Å². The molecule has 0 unspecified atom stereocenters. The van der Waals surface area contributed by atoms with Gasteiger partial charge in [0, 0.05) is 5.37 Å². The second kappa shape index (κ2) is 11.8. The highest BCUT2D eigenvalue weighted by atomic mass is 32.2. The van der Waals surface area contributed by atoms with E-state index >= 15 is 0 Å². The predicted octanol–water partition coefficient (Wildman–Crippen LogP) is 3.59. The number of rotatable bonds is 10. The van der Waals surface area contributed by atoms with E-state index < -0.39 is 10.3 Å². The monoisotopic (exact) mass is 232 g/mol. The molecule has 15 heavy (non-hydrogen) atoms. The Morgan fingerprint density at radius 2 is 1.27 bits per heavy atom. The summed E-state index contributed by atoms with van der Waals surface area (Å²) in [6, 6.07) is 0. The summed E-state index contributed by atoms with van der Waals surface area (Å²) in [6.45, 7) is 2.23. The normalized spacial score (nSPS) is 10.2. The molecule has 0 aromatic rings. The molecule has 0 atom stereocenters. The molecule has 0 aromatic heterocycles. The number of hydrogen-bond donors (Lipinski definition) is 0. The van der Waals surface area contributed by atoms with Gasteiger partial charge in [0.25, 0.3) is 0 Å². The van der Waals surface area contributed by atoms with Crippen molar-refractivity contribution < 1.29 is 8.42 Å². The van der Waals surface area contributed by atoms with Crippen molar-refractivity contribution in [3.8, 4) is 0 Å². The van der Waals surface area contributed by atoms with Crippen LogP contribution in [0.25, 0.3) is 0 Å². The van der Waals surface area contributed by atoms with Gasteiger partial charge in [0.1, 0.15) is 0 Å². The van der Waals surface area contributed by atoms with Gasteiger partial charge in [-0.15, -0.1) is 0 Å².